The Morgan fingerprint density at radius 3 is 2.30 bits per heavy atom. The highest BCUT2D eigenvalue weighted by atomic mass is 16.5. The van der Waals surface area contributed by atoms with E-state index in [2.05, 4.69) is 15.5 Å². The molecule has 0 saturated heterocycles. The predicted octanol–water partition coefficient (Wildman–Crippen LogP) is 2.48. The molecule has 0 fully saturated rings. The van der Waals surface area contributed by atoms with Crippen LogP contribution in [0.5, 0.6) is 11.5 Å². The minimum absolute atomic E-state index is 0.327. The summed E-state index contributed by atoms with van der Waals surface area (Å²) in [5, 5.41) is 11.6. The number of aryl methyl sites for hydroxylation is 2. The maximum atomic E-state index is 12.9. The van der Waals surface area contributed by atoms with Gasteiger partial charge in [-0.2, -0.15) is 10.2 Å². The number of nitrogens with zero attached hydrogens (tertiary/aromatic N) is 4. The average molecular weight is 411 g/mol. The monoisotopic (exact) mass is 411 g/mol. The van der Waals surface area contributed by atoms with Crippen molar-refractivity contribution >= 4 is 11.6 Å². The minimum Gasteiger partial charge on any atom is -0.497 e. The maximum Gasteiger partial charge on any atom is 0.271 e. The Bertz CT molecular complexity index is 1130. The molecule has 1 atom stereocenters. The second-order valence-electron chi connectivity index (χ2n) is 6.91. The third-order valence-electron chi connectivity index (χ3n) is 5.01. The molecule has 0 saturated carbocycles. The van der Waals surface area contributed by atoms with Crippen LogP contribution in [0.2, 0.25) is 0 Å². The first-order valence-electron chi connectivity index (χ1n) is 9.40. The Labute approximate surface area is 174 Å². The molecule has 0 aliphatic carbocycles. The number of rotatable bonds is 6. The first kappa shape index (κ1) is 21.1. The second kappa shape index (κ2) is 8.40. The van der Waals surface area contributed by atoms with Gasteiger partial charge >= 0.3 is 0 Å². The molecule has 2 heterocycles. The van der Waals surface area contributed by atoms with Crippen LogP contribution in [0.25, 0.3) is 11.3 Å². The van der Waals surface area contributed by atoms with Gasteiger partial charge in [0.05, 0.1) is 31.3 Å². The first-order chi connectivity index (χ1) is 14.3. The van der Waals surface area contributed by atoms with Crippen molar-refractivity contribution in [3.63, 3.8) is 0 Å². The van der Waals surface area contributed by atoms with Gasteiger partial charge in [0, 0.05) is 18.7 Å². The standard InChI is InChI=1S/C21H25N5O4/c1-12-19(13(2)25(4)23-12)22-21(28)14(3)26-18(27)11-17(30-6)20(24-26)15-7-9-16(29-5)10-8-15/h7-11,14H,1-6H3,(H,22,28)/t14-/m1/s1. The summed E-state index contributed by atoms with van der Waals surface area (Å²) in [7, 11) is 4.86. The zero-order valence-electron chi connectivity index (χ0n) is 17.9. The number of anilines is 1. The van der Waals surface area contributed by atoms with Crippen molar-refractivity contribution in [2.75, 3.05) is 19.5 Å². The van der Waals surface area contributed by atoms with Crippen molar-refractivity contribution in [3.8, 4) is 22.8 Å². The molecule has 0 aliphatic rings. The first-order valence-corrected chi connectivity index (χ1v) is 9.40. The zero-order chi connectivity index (χ0) is 22.0. The molecule has 2 aromatic heterocycles. The quantitative estimate of drug-likeness (QED) is 0.669. The van der Waals surface area contributed by atoms with E-state index in [9.17, 15) is 9.59 Å². The minimum atomic E-state index is -0.848. The van der Waals surface area contributed by atoms with Crippen molar-refractivity contribution in [2.24, 2.45) is 7.05 Å². The zero-order valence-corrected chi connectivity index (χ0v) is 17.9. The summed E-state index contributed by atoms with van der Waals surface area (Å²) < 4.78 is 13.4. The fraction of sp³-hybridized carbons (Fsp3) is 0.333. The molecule has 9 nitrogen and oxygen atoms in total. The smallest absolute Gasteiger partial charge is 0.271 e. The number of carbonyl (C=O) groups is 1. The lowest BCUT2D eigenvalue weighted by atomic mass is 10.1. The van der Waals surface area contributed by atoms with Crippen LogP contribution >= 0.6 is 0 Å². The number of hydrogen-bond acceptors (Lipinski definition) is 6. The van der Waals surface area contributed by atoms with Gasteiger partial charge in [0.25, 0.3) is 5.56 Å². The van der Waals surface area contributed by atoms with Gasteiger partial charge in [-0.15, -0.1) is 0 Å². The number of aromatic nitrogens is 4. The molecule has 1 amide bonds. The van der Waals surface area contributed by atoms with Crippen molar-refractivity contribution in [1.29, 1.82) is 0 Å². The van der Waals surface area contributed by atoms with E-state index in [1.165, 1.54) is 13.2 Å². The normalized spacial score (nSPS) is 11.8. The molecule has 1 aromatic carbocycles. The fourth-order valence-electron chi connectivity index (χ4n) is 3.13. The van der Waals surface area contributed by atoms with E-state index in [0.717, 1.165) is 15.9 Å². The van der Waals surface area contributed by atoms with Crippen LogP contribution in [0.15, 0.2) is 35.1 Å². The van der Waals surface area contributed by atoms with E-state index in [1.807, 2.05) is 26.0 Å². The summed E-state index contributed by atoms with van der Waals surface area (Å²) in [6.07, 6.45) is 0. The molecule has 0 radical (unpaired) electrons. The molecule has 3 aromatic rings. The van der Waals surface area contributed by atoms with Gasteiger partial charge in [-0.1, -0.05) is 0 Å². The number of ether oxygens (including phenoxy) is 2. The summed E-state index contributed by atoms with van der Waals surface area (Å²) in [4.78, 5) is 25.5. The Morgan fingerprint density at radius 2 is 1.77 bits per heavy atom. The predicted molar refractivity (Wildman–Crippen MR) is 113 cm³/mol. The Hall–Kier alpha value is -3.62. The third-order valence-corrected chi connectivity index (χ3v) is 5.01. The Kier molecular flexibility index (Phi) is 5.91. The number of benzene rings is 1. The van der Waals surface area contributed by atoms with Crippen LogP contribution in [0.3, 0.4) is 0 Å². The Balaban J connectivity index is 1.98. The van der Waals surface area contributed by atoms with Crippen LogP contribution in [0, 0.1) is 13.8 Å². The lowest BCUT2D eigenvalue weighted by Gasteiger charge is -2.17. The van der Waals surface area contributed by atoms with Gasteiger partial charge in [0.15, 0.2) is 5.75 Å². The molecule has 30 heavy (non-hydrogen) atoms. The molecule has 0 aliphatic heterocycles. The van der Waals surface area contributed by atoms with Crippen LogP contribution in [0.4, 0.5) is 5.69 Å². The number of carbonyl (C=O) groups excluding carboxylic acids is 1. The van der Waals surface area contributed by atoms with E-state index < -0.39 is 11.6 Å². The lowest BCUT2D eigenvalue weighted by Crippen LogP contribution is -2.33. The lowest BCUT2D eigenvalue weighted by molar-refractivity contribution is -0.119. The average Bonchev–Trinajstić information content (AvgIpc) is 2.98. The van der Waals surface area contributed by atoms with Crippen molar-refractivity contribution in [3.05, 3.63) is 52.1 Å². The number of amides is 1. The van der Waals surface area contributed by atoms with Crippen LogP contribution in [0.1, 0.15) is 24.4 Å². The maximum absolute atomic E-state index is 12.9. The van der Waals surface area contributed by atoms with Crippen LogP contribution in [-0.4, -0.2) is 39.7 Å². The van der Waals surface area contributed by atoms with Gasteiger partial charge in [0.1, 0.15) is 17.5 Å². The molecule has 0 spiro atoms. The van der Waals surface area contributed by atoms with Crippen molar-refractivity contribution in [1.82, 2.24) is 19.6 Å². The molecule has 9 heteroatoms. The van der Waals surface area contributed by atoms with Gasteiger partial charge < -0.3 is 14.8 Å². The third kappa shape index (κ3) is 3.91. The van der Waals surface area contributed by atoms with Crippen LogP contribution in [-0.2, 0) is 11.8 Å². The highest BCUT2D eigenvalue weighted by Crippen LogP contribution is 2.28. The van der Waals surface area contributed by atoms with Gasteiger partial charge in [-0.25, -0.2) is 4.68 Å². The van der Waals surface area contributed by atoms with Gasteiger partial charge in [-0.05, 0) is 45.0 Å². The SMILES string of the molecule is COc1ccc(-c2nn([C@H](C)C(=O)Nc3c(C)nn(C)c3C)c(=O)cc2OC)cc1. The molecule has 3 rings (SSSR count). The molecular formula is C21H25N5O4. The van der Waals surface area contributed by atoms with E-state index in [4.69, 9.17) is 9.47 Å². The summed E-state index contributed by atoms with van der Waals surface area (Å²) >= 11 is 0. The van der Waals surface area contributed by atoms with Crippen molar-refractivity contribution < 1.29 is 14.3 Å². The second-order valence-corrected chi connectivity index (χ2v) is 6.91. The van der Waals surface area contributed by atoms with E-state index in [1.54, 1.807) is 37.9 Å². The van der Waals surface area contributed by atoms with E-state index in [0.29, 0.717) is 28.6 Å². The summed E-state index contributed by atoms with van der Waals surface area (Å²) in [5.74, 6) is 0.656. The van der Waals surface area contributed by atoms with E-state index in [-0.39, 0.29) is 5.91 Å². The number of nitrogens with one attached hydrogen (secondary N) is 1. The number of methoxy groups -OCH3 is 2. The molecule has 0 bridgehead atoms. The topological polar surface area (TPSA) is 100 Å². The number of hydrogen-bond donors (Lipinski definition) is 1. The van der Waals surface area contributed by atoms with Gasteiger partial charge in [-0.3, -0.25) is 14.3 Å². The molecule has 1 N–H and O–H groups in total. The summed E-state index contributed by atoms with van der Waals surface area (Å²) in [5.41, 5.74) is 2.89. The highest BCUT2D eigenvalue weighted by Gasteiger charge is 2.22. The van der Waals surface area contributed by atoms with E-state index >= 15 is 0 Å². The summed E-state index contributed by atoms with van der Waals surface area (Å²) in [6, 6.07) is 7.68. The van der Waals surface area contributed by atoms with Gasteiger partial charge in [0.2, 0.25) is 5.91 Å². The summed E-state index contributed by atoms with van der Waals surface area (Å²) in [6.45, 7) is 5.29. The molecule has 158 valence electrons. The molecular weight excluding hydrogens is 386 g/mol. The van der Waals surface area contributed by atoms with Crippen molar-refractivity contribution in [2.45, 2.75) is 26.8 Å². The highest BCUT2D eigenvalue weighted by molar-refractivity contribution is 5.94. The molecule has 0 unspecified atom stereocenters. The Morgan fingerprint density at radius 1 is 1.10 bits per heavy atom. The fourth-order valence-corrected chi connectivity index (χ4v) is 3.13. The largest absolute Gasteiger partial charge is 0.497 e. The van der Waals surface area contributed by atoms with Crippen LogP contribution < -0.4 is 20.3 Å².